The Morgan fingerprint density at radius 2 is 1.83 bits per heavy atom. The Morgan fingerprint density at radius 3 is 2.50 bits per heavy atom. The molecule has 0 aromatic heterocycles. The van der Waals surface area contributed by atoms with Gasteiger partial charge in [-0.3, -0.25) is 0 Å². The third-order valence-corrected chi connectivity index (χ3v) is 4.80. The van der Waals surface area contributed by atoms with Crippen molar-refractivity contribution in [3.05, 3.63) is 58.6 Å². The molecule has 0 saturated carbocycles. The van der Waals surface area contributed by atoms with E-state index in [4.69, 9.17) is 26.2 Å². The number of halogens is 1. The number of thiol groups is 2. The highest BCUT2D eigenvalue weighted by Crippen LogP contribution is 2.38. The number of hydrogen-bond donors (Lipinski definition) is 3. The van der Waals surface area contributed by atoms with Crippen LogP contribution in [-0.2, 0) is 0 Å². The molecular formula is C18H19ClO3S2. The van der Waals surface area contributed by atoms with Crippen LogP contribution >= 0.6 is 36.9 Å². The fraction of sp³-hybridized carbons (Fsp3) is 0.222. The summed E-state index contributed by atoms with van der Waals surface area (Å²) in [6, 6.07) is 13.0. The van der Waals surface area contributed by atoms with Crippen molar-refractivity contribution in [3.63, 3.8) is 0 Å². The predicted octanol–water partition coefficient (Wildman–Crippen LogP) is 4.80. The van der Waals surface area contributed by atoms with Crippen LogP contribution in [0.2, 0.25) is 5.02 Å². The highest BCUT2D eigenvalue weighted by molar-refractivity contribution is 7.96. The zero-order valence-corrected chi connectivity index (χ0v) is 15.7. The molecule has 0 heterocycles. The molecule has 0 aliphatic rings. The van der Waals surface area contributed by atoms with Crippen LogP contribution in [0, 0.1) is 0 Å². The Bertz CT molecular complexity index is 732. The average Bonchev–Trinajstić information content (AvgIpc) is 2.61. The SMILES string of the molecule is COc1cc(/C(S)=C(/S)c2ccccc2Cl)ccc1OCCCO. The van der Waals surface area contributed by atoms with Crippen molar-refractivity contribution in [3.8, 4) is 11.5 Å². The highest BCUT2D eigenvalue weighted by Gasteiger charge is 2.12. The second kappa shape index (κ2) is 9.28. The largest absolute Gasteiger partial charge is 0.493 e. The molecule has 0 saturated heterocycles. The number of rotatable bonds is 7. The summed E-state index contributed by atoms with van der Waals surface area (Å²) in [4.78, 5) is 1.37. The summed E-state index contributed by atoms with van der Waals surface area (Å²) in [5.41, 5.74) is 1.66. The quantitative estimate of drug-likeness (QED) is 0.366. The molecule has 1 N–H and O–H groups in total. The molecule has 0 aliphatic heterocycles. The van der Waals surface area contributed by atoms with Gasteiger partial charge < -0.3 is 14.6 Å². The van der Waals surface area contributed by atoms with E-state index < -0.39 is 0 Å². The molecular weight excluding hydrogens is 364 g/mol. The number of hydrogen-bond acceptors (Lipinski definition) is 5. The number of methoxy groups -OCH3 is 1. The molecule has 0 bridgehead atoms. The third-order valence-electron chi connectivity index (χ3n) is 3.35. The summed E-state index contributed by atoms with van der Waals surface area (Å²) in [6.07, 6.45) is 0.565. The fourth-order valence-electron chi connectivity index (χ4n) is 2.10. The minimum Gasteiger partial charge on any atom is -0.493 e. The Labute approximate surface area is 158 Å². The summed E-state index contributed by atoms with van der Waals surface area (Å²) in [5.74, 6) is 1.21. The number of benzene rings is 2. The van der Waals surface area contributed by atoms with Gasteiger partial charge in [-0.25, -0.2) is 0 Å². The van der Waals surface area contributed by atoms with Crippen LogP contribution in [0.4, 0.5) is 0 Å². The van der Waals surface area contributed by atoms with Gasteiger partial charge in [0.15, 0.2) is 11.5 Å². The van der Waals surface area contributed by atoms with Crippen molar-refractivity contribution < 1.29 is 14.6 Å². The molecule has 2 aromatic rings. The molecule has 0 spiro atoms. The lowest BCUT2D eigenvalue weighted by molar-refractivity contribution is 0.228. The second-order valence-electron chi connectivity index (χ2n) is 4.97. The maximum Gasteiger partial charge on any atom is 0.161 e. The van der Waals surface area contributed by atoms with E-state index >= 15 is 0 Å². The van der Waals surface area contributed by atoms with Crippen LogP contribution < -0.4 is 9.47 Å². The van der Waals surface area contributed by atoms with E-state index in [9.17, 15) is 0 Å². The van der Waals surface area contributed by atoms with Gasteiger partial charge in [0.25, 0.3) is 0 Å². The van der Waals surface area contributed by atoms with Crippen molar-refractivity contribution >= 4 is 46.7 Å². The molecule has 128 valence electrons. The molecule has 24 heavy (non-hydrogen) atoms. The van der Waals surface area contributed by atoms with Gasteiger partial charge in [-0.05, 0) is 29.8 Å². The third kappa shape index (κ3) is 4.63. The topological polar surface area (TPSA) is 38.7 Å². The van der Waals surface area contributed by atoms with Crippen molar-refractivity contribution in [1.29, 1.82) is 0 Å². The van der Waals surface area contributed by atoms with Crippen LogP contribution in [0.3, 0.4) is 0 Å². The molecule has 2 aromatic carbocycles. The minimum absolute atomic E-state index is 0.0881. The minimum atomic E-state index is 0.0881. The molecule has 3 nitrogen and oxygen atoms in total. The molecule has 0 unspecified atom stereocenters. The molecule has 0 radical (unpaired) electrons. The maximum atomic E-state index is 8.83. The van der Waals surface area contributed by atoms with Gasteiger partial charge in [-0.1, -0.05) is 29.8 Å². The first kappa shape index (κ1) is 19.1. The van der Waals surface area contributed by atoms with Crippen LogP contribution in [0.5, 0.6) is 11.5 Å². The van der Waals surface area contributed by atoms with Crippen LogP contribution in [0.1, 0.15) is 17.5 Å². The molecule has 0 amide bonds. The van der Waals surface area contributed by atoms with Gasteiger partial charge in [-0.2, -0.15) is 0 Å². The van der Waals surface area contributed by atoms with Crippen LogP contribution in [0.25, 0.3) is 9.81 Å². The van der Waals surface area contributed by atoms with Gasteiger partial charge in [0.1, 0.15) is 0 Å². The number of aliphatic hydroxyl groups excluding tert-OH is 1. The van der Waals surface area contributed by atoms with Crippen LogP contribution in [0.15, 0.2) is 42.5 Å². The van der Waals surface area contributed by atoms with E-state index in [1.807, 2.05) is 42.5 Å². The van der Waals surface area contributed by atoms with Crippen molar-refractivity contribution in [1.82, 2.24) is 0 Å². The van der Waals surface area contributed by atoms with E-state index in [1.54, 1.807) is 7.11 Å². The molecule has 0 aliphatic carbocycles. The standard InChI is InChI=1S/C18H19ClO3S2/c1-21-16-11-12(7-8-15(16)22-10-4-9-20)17(23)18(24)13-5-2-3-6-14(13)19/h2-3,5-8,11,20,23-24H,4,9-10H2,1H3/b18-17-. The molecule has 0 fully saturated rings. The van der Waals surface area contributed by atoms with E-state index in [1.165, 1.54) is 0 Å². The zero-order valence-electron chi connectivity index (χ0n) is 13.2. The lowest BCUT2D eigenvalue weighted by Crippen LogP contribution is -2.01. The fourth-order valence-corrected chi connectivity index (χ4v) is 2.98. The van der Waals surface area contributed by atoms with E-state index in [0.717, 1.165) is 11.1 Å². The maximum absolute atomic E-state index is 8.83. The summed E-state index contributed by atoms with van der Waals surface area (Å²) < 4.78 is 11.0. The highest BCUT2D eigenvalue weighted by atomic mass is 35.5. The Kier molecular flexibility index (Phi) is 7.37. The van der Waals surface area contributed by atoms with Crippen molar-refractivity contribution in [2.75, 3.05) is 20.3 Å². The van der Waals surface area contributed by atoms with Crippen LogP contribution in [-0.4, -0.2) is 25.4 Å². The Morgan fingerprint density at radius 1 is 1.08 bits per heavy atom. The normalized spacial score (nSPS) is 11.9. The van der Waals surface area contributed by atoms with Crippen molar-refractivity contribution in [2.45, 2.75) is 6.42 Å². The van der Waals surface area contributed by atoms with Gasteiger partial charge in [0.2, 0.25) is 0 Å². The lowest BCUT2D eigenvalue weighted by Gasteiger charge is -2.13. The lowest BCUT2D eigenvalue weighted by atomic mass is 10.1. The zero-order chi connectivity index (χ0) is 17.5. The molecule has 6 heteroatoms. The van der Waals surface area contributed by atoms with Gasteiger partial charge in [-0.15, -0.1) is 25.3 Å². The smallest absolute Gasteiger partial charge is 0.161 e. The van der Waals surface area contributed by atoms with E-state index in [2.05, 4.69) is 25.3 Å². The Balaban J connectivity index is 2.34. The monoisotopic (exact) mass is 382 g/mol. The first-order chi connectivity index (χ1) is 11.6. The summed E-state index contributed by atoms with van der Waals surface area (Å²) in [5, 5.41) is 9.45. The second-order valence-corrected chi connectivity index (χ2v) is 6.27. The van der Waals surface area contributed by atoms with Gasteiger partial charge >= 0.3 is 0 Å². The number of aliphatic hydroxyl groups is 1. The van der Waals surface area contributed by atoms with Gasteiger partial charge in [0.05, 0.1) is 13.7 Å². The predicted molar refractivity (Wildman–Crippen MR) is 106 cm³/mol. The molecule has 2 rings (SSSR count). The average molecular weight is 383 g/mol. The molecule has 0 atom stereocenters. The Hall–Kier alpha value is -1.27. The summed E-state index contributed by atoms with van der Waals surface area (Å²) in [6.45, 7) is 0.512. The summed E-state index contributed by atoms with van der Waals surface area (Å²) in [7, 11) is 1.58. The summed E-state index contributed by atoms with van der Waals surface area (Å²) >= 11 is 15.4. The van der Waals surface area contributed by atoms with E-state index in [0.29, 0.717) is 39.4 Å². The first-order valence-corrected chi connectivity index (χ1v) is 8.65. The van der Waals surface area contributed by atoms with Crippen molar-refractivity contribution in [2.24, 2.45) is 0 Å². The number of ether oxygens (including phenoxy) is 2. The van der Waals surface area contributed by atoms with E-state index in [-0.39, 0.29) is 6.61 Å². The first-order valence-electron chi connectivity index (χ1n) is 7.37. The van der Waals surface area contributed by atoms with Gasteiger partial charge in [0, 0.05) is 33.4 Å².